The van der Waals surface area contributed by atoms with E-state index in [1.165, 1.54) is 7.11 Å². The van der Waals surface area contributed by atoms with Crippen molar-refractivity contribution in [2.45, 2.75) is 53.5 Å². The van der Waals surface area contributed by atoms with E-state index >= 15 is 4.79 Å². The monoisotopic (exact) mass is 726 g/mol. The Kier molecular flexibility index (Phi) is 9.10. The van der Waals surface area contributed by atoms with E-state index in [4.69, 9.17) is 42.9 Å². The predicted octanol–water partition coefficient (Wildman–Crippen LogP) is 8.32. The Balaban J connectivity index is 1.35. The van der Waals surface area contributed by atoms with Crippen LogP contribution in [0.3, 0.4) is 0 Å². The summed E-state index contributed by atoms with van der Waals surface area (Å²) in [7, 11) is 5.10. The smallest absolute Gasteiger partial charge is 0.337 e. The fraction of sp³-hybridized carbons (Fsp3) is 0.333. The standard InChI is InChI=1S/C39H40Cl2N6O4/c1-21-18-26(19-22(2)34(21)41)51-17-8-10-27-28-13-14-30(40)33(32-23(3)42-44(5)24(32)4)35(28)46-15-9-16-47(38(48)36(27)46)37-29-12-11-25(39(49)50-7)20-31(29)45(6)43-37/h11-14,18-20H,8-10,15-17H2,1-7H3. The number of aromatic nitrogens is 5. The van der Waals surface area contributed by atoms with Crippen molar-refractivity contribution in [2.24, 2.45) is 14.1 Å². The second-order valence-corrected chi connectivity index (χ2v) is 14.1. The molecule has 0 saturated carbocycles. The lowest BCUT2D eigenvalue weighted by atomic mass is 9.98. The minimum atomic E-state index is -0.432. The summed E-state index contributed by atoms with van der Waals surface area (Å²) in [5.41, 5.74) is 9.30. The van der Waals surface area contributed by atoms with E-state index in [-0.39, 0.29) is 5.91 Å². The number of amides is 1. The summed E-state index contributed by atoms with van der Waals surface area (Å²) < 4.78 is 16.9. The van der Waals surface area contributed by atoms with E-state index in [1.54, 1.807) is 21.7 Å². The number of methoxy groups -OCH3 is 1. The quantitative estimate of drug-likeness (QED) is 0.116. The summed E-state index contributed by atoms with van der Waals surface area (Å²) in [6.45, 7) is 9.51. The molecule has 0 spiro atoms. The summed E-state index contributed by atoms with van der Waals surface area (Å²) in [6.07, 6.45) is 1.96. The van der Waals surface area contributed by atoms with Gasteiger partial charge in [0.2, 0.25) is 0 Å². The number of fused-ring (bicyclic) bond motifs is 4. The molecule has 0 N–H and O–H groups in total. The van der Waals surface area contributed by atoms with Crippen LogP contribution in [0.15, 0.2) is 42.5 Å². The highest BCUT2D eigenvalue weighted by Crippen LogP contribution is 2.43. The number of carbonyl (C=O) groups is 2. The molecule has 1 aliphatic heterocycles. The van der Waals surface area contributed by atoms with E-state index in [0.717, 1.165) is 71.8 Å². The number of benzene rings is 3. The lowest BCUT2D eigenvalue weighted by Gasteiger charge is -2.19. The van der Waals surface area contributed by atoms with Gasteiger partial charge in [-0.15, -0.1) is 0 Å². The van der Waals surface area contributed by atoms with Gasteiger partial charge in [0.1, 0.15) is 11.4 Å². The van der Waals surface area contributed by atoms with Gasteiger partial charge in [-0.25, -0.2) is 4.79 Å². The van der Waals surface area contributed by atoms with Crippen LogP contribution in [0.4, 0.5) is 5.82 Å². The average molecular weight is 728 g/mol. The fourth-order valence-electron chi connectivity index (χ4n) is 7.52. The second kappa shape index (κ2) is 13.4. The van der Waals surface area contributed by atoms with E-state index in [2.05, 4.69) is 4.57 Å². The number of halogens is 2. The summed E-state index contributed by atoms with van der Waals surface area (Å²) in [5.74, 6) is 0.750. The van der Waals surface area contributed by atoms with Crippen LogP contribution >= 0.6 is 23.2 Å². The minimum absolute atomic E-state index is 0.137. The maximum Gasteiger partial charge on any atom is 0.337 e. The zero-order valence-electron chi connectivity index (χ0n) is 29.9. The zero-order valence-corrected chi connectivity index (χ0v) is 31.4. The van der Waals surface area contributed by atoms with Gasteiger partial charge < -0.3 is 14.0 Å². The molecular formula is C39H40Cl2N6O4. The van der Waals surface area contributed by atoms with Gasteiger partial charge in [0.15, 0.2) is 5.82 Å². The number of nitrogens with zero attached hydrogens (tertiary/aromatic N) is 6. The summed E-state index contributed by atoms with van der Waals surface area (Å²) in [4.78, 5) is 29.1. The van der Waals surface area contributed by atoms with Gasteiger partial charge in [0, 0.05) is 59.8 Å². The summed E-state index contributed by atoms with van der Waals surface area (Å²) >= 11 is 13.5. The number of ether oxygens (including phenoxy) is 2. The number of rotatable bonds is 8. The van der Waals surface area contributed by atoms with Crippen LogP contribution in [0.5, 0.6) is 5.75 Å². The van der Waals surface area contributed by atoms with Gasteiger partial charge in [-0.2, -0.15) is 10.2 Å². The van der Waals surface area contributed by atoms with Gasteiger partial charge in [-0.1, -0.05) is 29.3 Å². The molecule has 7 rings (SSSR count). The molecule has 264 valence electrons. The molecule has 0 aliphatic carbocycles. The summed E-state index contributed by atoms with van der Waals surface area (Å²) in [6, 6.07) is 13.2. The van der Waals surface area contributed by atoms with E-state index in [1.807, 2.05) is 76.8 Å². The molecule has 1 aliphatic rings. The third-order valence-corrected chi connectivity index (χ3v) is 10.9. The van der Waals surface area contributed by atoms with Crippen LogP contribution < -0.4 is 9.64 Å². The molecule has 1 amide bonds. The van der Waals surface area contributed by atoms with Crippen molar-refractivity contribution in [1.29, 1.82) is 0 Å². The molecule has 3 aromatic heterocycles. The van der Waals surface area contributed by atoms with Crippen LogP contribution in [0.25, 0.3) is 32.9 Å². The van der Waals surface area contributed by atoms with Crippen LogP contribution in [0, 0.1) is 27.7 Å². The number of hydrogen-bond acceptors (Lipinski definition) is 6. The van der Waals surface area contributed by atoms with Crippen molar-refractivity contribution < 1.29 is 19.1 Å². The molecule has 3 aromatic carbocycles. The molecule has 51 heavy (non-hydrogen) atoms. The lowest BCUT2D eigenvalue weighted by Crippen LogP contribution is -2.32. The molecule has 0 unspecified atom stereocenters. The first kappa shape index (κ1) is 34.6. The number of hydrogen-bond donors (Lipinski definition) is 0. The maximum atomic E-state index is 15.0. The maximum absolute atomic E-state index is 15.0. The summed E-state index contributed by atoms with van der Waals surface area (Å²) in [5, 5.41) is 12.6. The third kappa shape index (κ3) is 5.84. The minimum Gasteiger partial charge on any atom is -0.494 e. The van der Waals surface area contributed by atoms with E-state index in [0.29, 0.717) is 61.1 Å². The first-order valence-corrected chi connectivity index (χ1v) is 17.8. The molecule has 0 fully saturated rings. The Morgan fingerprint density at radius 2 is 1.63 bits per heavy atom. The molecular weight excluding hydrogens is 687 g/mol. The number of carbonyl (C=O) groups excluding carboxylic acids is 2. The molecule has 10 nitrogen and oxygen atoms in total. The molecule has 12 heteroatoms. The number of anilines is 1. The van der Waals surface area contributed by atoms with E-state index in [9.17, 15) is 4.79 Å². The highest BCUT2D eigenvalue weighted by Gasteiger charge is 2.34. The van der Waals surface area contributed by atoms with Crippen molar-refractivity contribution >= 4 is 62.7 Å². The second-order valence-electron chi connectivity index (χ2n) is 13.3. The Bertz CT molecular complexity index is 2360. The number of aryl methyl sites for hydroxylation is 7. The molecule has 0 bridgehead atoms. The van der Waals surface area contributed by atoms with Gasteiger partial charge in [0.25, 0.3) is 5.91 Å². The van der Waals surface area contributed by atoms with Gasteiger partial charge in [0.05, 0.1) is 41.0 Å². The third-order valence-electron chi connectivity index (χ3n) is 10.0. The van der Waals surface area contributed by atoms with Crippen molar-refractivity contribution in [2.75, 3.05) is 25.2 Å². The number of esters is 1. The Labute approximate surface area is 306 Å². The zero-order chi connectivity index (χ0) is 36.3. The normalized spacial score (nSPS) is 13.3. The highest BCUT2D eigenvalue weighted by atomic mass is 35.5. The van der Waals surface area contributed by atoms with Crippen molar-refractivity contribution in [3.63, 3.8) is 0 Å². The van der Waals surface area contributed by atoms with Crippen molar-refractivity contribution in [3.05, 3.63) is 91.8 Å². The highest BCUT2D eigenvalue weighted by molar-refractivity contribution is 6.35. The first-order valence-electron chi connectivity index (χ1n) is 17.0. The first-order chi connectivity index (χ1) is 24.4. The molecule has 6 aromatic rings. The van der Waals surface area contributed by atoms with E-state index < -0.39 is 5.97 Å². The Hall–Kier alpha value is -4.80. The molecule has 0 saturated heterocycles. The van der Waals surface area contributed by atoms with Crippen molar-refractivity contribution in [1.82, 2.24) is 24.1 Å². The molecule has 4 heterocycles. The largest absolute Gasteiger partial charge is 0.494 e. The Morgan fingerprint density at radius 3 is 2.31 bits per heavy atom. The van der Waals surface area contributed by atoms with Gasteiger partial charge in [-0.3, -0.25) is 19.1 Å². The molecule has 0 radical (unpaired) electrons. The van der Waals surface area contributed by atoms with Gasteiger partial charge in [-0.05, 0) is 100 Å². The van der Waals surface area contributed by atoms with Crippen LogP contribution in [-0.4, -0.2) is 56.3 Å². The SMILES string of the molecule is COC(=O)c1ccc2c(N3CCCn4c(c(CCCOc5cc(C)c(Cl)c(C)c5)c5ccc(Cl)c(-c6c(C)nn(C)c6C)c54)C3=O)nn(C)c2c1. The lowest BCUT2D eigenvalue weighted by molar-refractivity contribution is 0.0600. The van der Waals surface area contributed by atoms with Crippen molar-refractivity contribution in [3.8, 4) is 16.9 Å². The fourth-order valence-corrected chi connectivity index (χ4v) is 7.87. The molecule has 0 atom stereocenters. The Morgan fingerprint density at radius 1 is 0.902 bits per heavy atom. The van der Waals surface area contributed by atoms with Crippen LogP contribution in [0.2, 0.25) is 10.0 Å². The van der Waals surface area contributed by atoms with Crippen LogP contribution in [0.1, 0.15) is 61.8 Å². The van der Waals surface area contributed by atoms with Crippen LogP contribution in [-0.2, 0) is 31.8 Å². The van der Waals surface area contributed by atoms with Gasteiger partial charge >= 0.3 is 5.97 Å². The average Bonchev–Trinajstić information content (AvgIpc) is 3.64. The topological polar surface area (TPSA) is 96.4 Å². The predicted molar refractivity (Wildman–Crippen MR) is 202 cm³/mol.